The molecule has 0 aliphatic heterocycles. The zero-order chi connectivity index (χ0) is 19.7. The molecule has 0 spiro atoms. The Kier molecular flexibility index (Phi) is 8.01. The minimum Gasteiger partial charge on any atom is -0.466 e. The molecule has 0 saturated carbocycles. The second-order valence-electron chi connectivity index (χ2n) is 5.09. The van der Waals surface area contributed by atoms with Crippen LogP contribution in [0.1, 0.15) is 44.0 Å². The number of halogens is 3. The summed E-state index contributed by atoms with van der Waals surface area (Å²) in [6, 6.07) is 0.848. The molecule has 7 nitrogen and oxygen atoms in total. The molecule has 0 aliphatic rings. The van der Waals surface area contributed by atoms with Crippen molar-refractivity contribution in [1.82, 2.24) is 10.3 Å². The van der Waals surface area contributed by atoms with Crippen molar-refractivity contribution in [3.8, 4) is 0 Å². The van der Waals surface area contributed by atoms with Crippen LogP contribution in [0.25, 0.3) is 0 Å². The van der Waals surface area contributed by atoms with E-state index in [1.807, 2.05) is 0 Å². The highest BCUT2D eigenvalue weighted by Crippen LogP contribution is 2.28. The van der Waals surface area contributed by atoms with Gasteiger partial charge in [0.15, 0.2) is 0 Å². The fourth-order valence-electron chi connectivity index (χ4n) is 2.01. The fourth-order valence-corrected chi connectivity index (χ4v) is 2.01. The average Bonchev–Trinajstić information content (AvgIpc) is 2.54. The normalized spacial score (nSPS) is 12.2. The van der Waals surface area contributed by atoms with Crippen molar-refractivity contribution in [2.24, 2.45) is 0 Å². The first kappa shape index (κ1) is 21.4. The van der Waals surface area contributed by atoms with E-state index in [1.54, 1.807) is 13.8 Å². The van der Waals surface area contributed by atoms with Gasteiger partial charge in [0.25, 0.3) is 0 Å². The van der Waals surface area contributed by atoms with Crippen LogP contribution in [0.3, 0.4) is 0 Å². The Morgan fingerprint density at radius 1 is 1.12 bits per heavy atom. The summed E-state index contributed by atoms with van der Waals surface area (Å²) < 4.78 is 47.2. The molecule has 0 saturated heterocycles. The quantitative estimate of drug-likeness (QED) is 0.552. The van der Waals surface area contributed by atoms with Crippen LogP contribution in [-0.4, -0.2) is 36.0 Å². The van der Waals surface area contributed by atoms with Crippen LogP contribution in [-0.2, 0) is 30.0 Å². The summed E-state index contributed by atoms with van der Waals surface area (Å²) in [6.07, 6.45) is -4.60. The van der Waals surface area contributed by atoms with E-state index >= 15 is 0 Å². The number of amides is 1. The van der Waals surface area contributed by atoms with Crippen molar-refractivity contribution < 1.29 is 37.0 Å². The van der Waals surface area contributed by atoms with E-state index in [-0.39, 0.29) is 25.2 Å². The summed E-state index contributed by atoms with van der Waals surface area (Å²) >= 11 is 0. The molecule has 1 amide bonds. The van der Waals surface area contributed by atoms with Gasteiger partial charge in [-0.3, -0.25) is 19.4 Å². The largest absolute Gasteiger partial charge is 0.466 e. The van der Waals surface area contributed by atoms with E-state index in [4.69, 9.17) is 4.74 Å². The van der Waals surface area contributed by atoms with E-state index < -0.39 is 42.2 Å². The van der Waals surface area contributed by atoms with Crippen LogP contribution in [0.15, 0.2) is 18.3 Å². The van der Waals surface area contributed by atoms with Crippen LogP contribution in [0.2, 0.25) is 0 Å². The Labute approximate surface area is 147 Å². The third-order valence-electron chi connectivity index (χ3n) is 3.10. The number of nitrogens with one attached hydrogen (secondary N) is 1. The lowest BCUT2D eigenvalue weighted by Crippen LogP contribution is -2.32. The van der Waals surface area contributed by atoms with Gasteiger partial charge in [0.1, 0.15) is 12.1 Å². The number of carbonyl (C=O) groups excluding carboxylic acids is 3. The Morgan fingerprint density at radius 2 is 1.73 bits per heavy atom. The van der Waals surface area contributed by atoms with Crippen LogP contribution < -0.4 is 5.32 Å². The van der Waals surface area contributed by atoms with Crippen molar-refractivity contribution in [3.63, 3.8) is 0 Å². The minimum atomic E-state index is -4.61. The van der Waals surface area contributed by atoms with Crippen LogP contribution in [0.4, 0.5) is 13.2 Å². The van der Waals surface area contributed by atoms with Gasteiger partial charge in [-0.2, -0.15) is 13.2 Å². The van der Waals surface area contributed by atoms with E-state index in [0.717, 1.165) is 18.3 Å². The highest BCUT2D eigenvalue weighted by molar-refractivity contribution is 5.94. The standard InChI is InChI=1S/C16H19F3N2O5/c1-3-25-14(23)7-11(21-13(22)8-15(24)26-4-2)10-5-6-12(20-9-10)16(17,18)19/h5-6,9,11H,3-4,7-8H2,1-2H3,(H,21,22). The predicted octanol–water partition coefficient (Wildman–Crippen LogP) is 2.16. The molecular formula is C16H19F3N2O5. The van der Waals surface area contributed by atoms with Crippen LogP contribution >= 0.6 is 0 Å². The molecule has 26 heavy (non-hydrogen) atoms. The molecule has 0 radical (unpaired) electrons. The third kappa shape index (κ3) is 7.08. The average molecular weight is 376 g/mol. The Morgan fingerprint density at radius 3 is 2.23 bits per heavy atom. The number of nitrogens with zero attached hydrogens (tertiary/aromatic N) is 1. The number of aromatic nitrogens is 1. The molecule has 10 heteroatoms. The lowest BCUT2D eigenvalue weighted by Gasteiger charge is -2.18. The number of hydrogen-bond acceptors (Lipinski definition) is 6. The first-order chi connectivity index (χ1) is 12.2. The maximum absolute atomic E-state index is 12.6. The van der Waals surface area contributed by atoms with Crippen molar-refractivity contribution in [3.05, 3.63) is 29.6 Å². The third-order valence-corrected chi connectivity index (χ3v) is 3.10. The van der Waals surface area contributed by atoms with Gasteiger partial charge in [-0.25, -0.2) is 0 Å². The van der Waals surface area contributed by atoms with Gasteiger partial charge in [-0.15, -0.1) is 0 Å². The van der Waals surface area contributed by atoms with Crippen LogP contribution in [0.5, 0.6) is 0 Å². The number of carbonyl (C=O) groups is 3. The Bertz CT molecular complexity index is 632. The highest BCUT2D eigenvalue weighted by atomic mass is 19.4. The molecular weight excluding hydrogens is 357 g/mol. The van der Waals surface area contributed by atoms with Gasteiger partial charge >= 0.3 is 18.1 Å². The second-order valence-corrected chi connectivity index (χ2v) is 5.09. The molecule has 1 N–H and O–H groups in total. The summed E-state index contributed by atoms with van der Waals surface area (Å²) in [5.41, 5.74) is -0.933. The first-order valence-electron chi connectivity index (χ1n) is 7.81. The molecule has 1 aromatic rings. The molecule has 0 aliphatic carbocycles. The molecule has 1 rings (SSSR count). The molecule has 0 aromatic carbocycles. The van der Waals surface area contributed by atoms with Gasteiger partial charge in [0.2, 0.25) is 5.91 Å². The first-order valence-corrected chi connectivity index (χ1v) is 7.81. The Hall–Kier alpha value is -2.65. The summed E-state index contributed by atoms with van der Waals surface area (Å²) in [7, 11) is 0. The number of rotatable bonds is 8. The zero-order valence-electron chi connectivity index (χ0n) is 14.3. The van der Waals surface area contributed by atoms with Gasteiger partial charge in [-0.05, 0) is 25.5 Å². The number of pyridine rings is 1. The zero-order valence-corrected chi connectivity index (χ0v) is 14.3. The Balaban J connectivity index is 2.92. The van der Waals surface area contributed by atoms with Gasteiger partial charge < -0.3 is 14.8 Å². The molecule has 1 aromatic heterocycles. The number of alkyl halides is 3. The van der Waals surface area contributed by atoms with Crippen molar-refractivity contribution >= 4 is 17.8 Å². The van der Waals surface area contributed by atoms with Gasteiger partial charge in [-0.1, -0.05) is 6.07 Å². The molecule has 0 bridgehead atoms. The SMILES string of the molecule is CCOC(=O)CC(=O)NC(CC(=O)OCC)c1ccc(C(F)(F)F)nc1. The van der Waals surface area contributed by atoms with Crippen molar-refractivity contribution in [2.75, 3.05) is 13.2 Å². The summed E-state index contributed by atoms with van der Waals surface area (Å²) in [6.45, 7) is 3.37. The summed E-state index contributed by atoms with van der Waals surface area (Å²) in [4.78, 5) is 38.2. The van der Waals surface area contributed by atoms with Gasteiger partial charge in [0, 0.05) is 6.20 Å². The van der Waals surface area contributed by atoms with E-state index in [2.05, 4.69) is 15.0 Å². The molecule has 0 fully saturated rings. The van der Waals surface area contributed by atoms with Gasteiger partial charge in [0.05, 0.1) is 25.7 Å². The lowest BCUT2D eigenvalue weighted by molar-refractivity contribution is -0.146. The molecule has 144 valence electrons. The number of hydrogen-bond donors (Lipinski definition) is 1. The number of esters is 2. The maximum Gasteiger partial charge on any atom is 0.433 e. The molecule has 1 heterocycles. The molecule has 1 unspecified atom stereocenters. The highest BCUT2D eigenvalue weighted by Gasteiger charge is 2.32. The summed E-state index contributed by atoms with van der Waals surface area (Å²) in [5, 5.41) is 2.41. The second kappa shape index (κ2) is 9.73. The summed E-state index contributed by atoms with van der Waals surface area (Å²) in [5.74, 6) is -2.16. The maximum atomic E-state index is 12.6. The topological polar surface area (TPSA) is 94.6 Å². The van der Waals surface area contributed by atoms with E-state index in [1.165, 1.54) is 0 Å². The monoisotopic (exact) mass is 376 g/mol. The van der Waals surface area contributed by atoms with Crippen molar-refractivity contribution in [2.45, 2.75) is 38.9 Å². The van der Waals surface area contributed by atoms with E-state index in [0.29, 0.717) is 0 Å². The van der Waals surface area contributed by atoms with E-state index in [9.17, 15) is 27.6 Å². The minimum absolute atomic E-state index is 0.0984. The number of ether oxygens (including phenoxy) is 2. The molecule has 1 atom stereocenters. The van der Waals surface area contributed by atoms with Crippen molar-refractivity contribution in [1.29, 1.82) is 0 Å². The fraction of sp³-hybridized carbons (Fsp3) is 0.500. The lowest BCUT2D eigenvalue weighted by atomic mass is 10.0. The van der Waals surface area contributed by atoms with Crippen LogP contribution in [0, 0.1) is 0 Å². The smallest absolute Gasteiger partial charge is 0.433 e. The predicted molar refractivity (Wildman–Crippen MR) is 82.6 cm³/mol.